The second kappa shape index (κ2) is 5.42. The number of alkyl halides is 1. The molecule has 0 aliphatic heterocycles. The van der Waals surface area contributed by atoms with Crippen molar-refractivity contribution in [2.24, 2.45) is 5.41 Å². The Morgan fingerprint density at radius 3 is 2.44 bits per heavy atom. The van der Waals surface area contributed by atoms with E-state index in [9.17, 15) is 0 Å². The van der Waals surface area contributed by atoms with Crippen molar-refractivity contribution in [3.63, 3.8) is 0 Å². The molecule has 0 aromatic heterocycles. The molecule has 0 amide bonds. The quantitative estimate of drug-likeness (QED) is 0.734. The molecule has 3 heteroatoms. The van der Waals surface area contributed by atoms with Crippen molar-refractivity contribution in [1.29, 1.82) is 0 Å². The zero-order valence-corrected chi connectivity index (χ0v) is 12.7. The fourth-order valence-electron chi connectivity index (χ4n) is 1.80. The van der Waals surface area contributed by atoms with E-state index < -0.39 is 0 Å². The van der Waals surface area contributed by atoms with Gasteiger partial charge in [0.2, 0.25) is 0 Å². The van der Waals surface area contributed by atoms with Gasteiger partial charge < -0.3 is 4.90 Å². The van der Waals surface area contributed by atoms with E-state index in [0.717, 1.165) is 11.0 Å². The summed E-state index contributed by atoms with van der Waals surface area (Å²) in [6.45, 7) is 7.72. The van der Waals surface area contributed by atoms with Gasteiger partial charge in [-0.3, -0.25) is 0 Å². The summed E-state index contributed by atoms with van der Waals surface area (Å²) in [6, 6.07) is 6.24. The van der Waals surface area contributed by atoms with Gasteiger partial charge >= 0.3 is 0 Å². The average molecular weight is 305 g/mol. The second-order valence-electron chi connectivity index (χ2n) is 5.32. The molecular formula is C13H19BrClN. The summed E-state index contributed by atoms with van der Waals surface area (Å²) in [5, 5.41) is 0. The Kier molecular flexibility index (Phi) is 4.69. The summed E-state index contributed by atoms with van der Waals surface area (Å²) in [7, 11) is 2.11. The summed E-state index contributed by atoms with van der Waals surface area (Å²) in [5.74, 6) is 0.553. The van der Waals surface area contributed by atoms with Crippen molar-refractivity contribution < 1.29 is 0 Å². The van der Waals surface area contributed by atoms with E-state index in [4.69, 9.17) is 11.6 Å². The van der Waals surface area contributed by atoms with Gasteiger partial charge in [-0.15, -0.1) is 11.6 Å². The molecule has 0 fully saturated rings. The summed E-state index contributed by atoms with van der Waals surface area (Å²) in [6.07, 6.45) is 0. The van der Waals surface area contributed by atoms with Gasteiger partial charge in [-0.2, -0.15) is 0 Å². The van der Waals surface area contributed by atoms with Gasteiger partial charge in [-0.1, -0.05) is 42.8 Å². The largest absolute Gasteiger partial charge is 0.374 e. The van der Waals surface area contributed by atoms with Crippen LogP contribution in [0, 0.1) is 5.41 Å². The lowest BCUT2D eigenvalue weighted by molar-refractivity contribution is 0.418. The van der Waals surface area contributed by atoms with Gasteiger partial charge in [-0.05, 0) is 23.1 Å². The monoisotopic (exact) mass is 303 g/mol. The normalized spacial score (nSPS) is 11.6. The highest BCUT2D eigenvalue weighted by Gasteiger charge is 2.16. The Morgan fingerprint density at radius 1 is 1.31 bits per heavy atom. The van der Waals surface area contributed by atoms with Crippen molar-refractivity contribution in [2.75, 3.05) is 18.5 Å². The molecule has 1 aromatic carbocycles. The first-order valence-corrected chi connectivity index (χ1v) is 6.72. The zero-order valence-electron chi connectivity index (χ0n) is 10.3. The molecule has 16 heavy (non-hydrogen) atoms. The molecule has 0 radical (unpaired) electrons. The third kappa shape index (κ3) is 3.99. The van der Waals surface area contributed by atoms with Crippen LogP contribution in [0.2, 0.25) is 0 Å². The van der Waals surface area contributed by atoms with Gasteiger partial charge in [0.25, 0.3) is 0 Å². The molecule has 0 bridgehead atoms. The van der Waals surface area contributed by atoms with Crippen molar-refractivity contribution in [3.8, 4) is 0 Å². The van der Waals surface area contributed by atoms with E-state index in [1.165, 1.54) is 11.3 Å². The minimum Gasteiger partial charge on any atom is -0.374 e. The van der Waals surface area contributed by atoms with E-state index >= 15 is 0 Å². The maximum atomic E-state index is 5.96. The molecule has 1 nitrogen and oxygen atoms in total. The van der Waals surface area contributed by atoms with Crippen LogP contribution in [-0.4, -0.2) is 13.6 Å². The van der Waals surface area contributed by atoms with Crippen LogP contribution in [0.15, 0.2) is 22.7 Å². The lowest BCUT2D eigenvalue weighted by Gasteiger charge is -2.29. The number of nitrogens with zero attached hydrogens (tertiary/aromatic N) is 1. The Bertz CT molecular complexity index is 357. The van der Waals surface area contributed by atoms with E-state index in [1.54, 1.807) is 0 Å². The predicted octanol–water partition coefficient (Wildman–Crippen LogP) is 4.67. The van der Waals surface area contributed by atoms with Crippen molar-refractivity contribution in [3.05, 3.63) is 28.2 Å². The number of benzene rings is 1. The fourth-order valence-corrected chi connectivity index (χ4v) is 2.38. The fraction of sp³-hybridized carbons (Fsp3) is 0.538. The number of rotatable bonds is 3. The Balaban J connectivity index is 2.97. The summed E-state index contributed by atoms with van der Waals surface area (Å²) < 4.78 is 1.09. The summed E-state index contributed by atoms with van der Waals surface area (Å²) in [4.78, 5) is 2.27. The Labute approximate surface area is 112 Å². The predicted molar refractivity (Wildman–Crippen MR) is 76.4 cm³/mol. The zero-order chi connectivity index (χ0) is 12.3. The minimum atomic E-state index is 0.278. The molecule has 0 spiro atoms. The van der Waals surface area contributed by atoms with Gasteiger partial charge in [-0.25, -0.2) is 0 Å². The van der Waals surface area contributed by atoms with E-state index in [-0.39, 0.29) is 5.41 Å². The van der Waals surface area contributed by atoms with Crippen molar-refractivity contribution in [1.82, 2.24) is 0 Å². The number of hydrogen-bond acceptors (Lipinski definition) is 1. The number of anilines is 1. The Hall–Kier alpha value is -0.210. The number of hydrogen-bond donors (Lipinski definition) is 0. The van der Waals surface area contributed by atoms with Crippen LogP contribution in [0.5, 0.6) is 0 Å². The lowest BCUT2D eigenvalue weighted by atomic mass is 9.96. The van der Waals surface area contributed by atoms with E-state index in [0.29, 0.717) is 5.88 Å². The highest BCUT2D eigenvalue weighted by molar-refractivity contribution is 9.10. The summed E-state index contributed by atoms with van der Waals surface area (Å²) >= 11 is 9.46. The highest BCUT2D eigenvalue weighted by Crippen LogP contribution is 2.28. The highest BCUT2D eigenvalue weighted by atomic mass is 79.9. The van der Waals surface area contributed by atoms with Crippen molar-refractivity contribution in [2.45, 2.75) is 26.7 Å². The van der Waals surface area contributed by atoms with E-state index in [2.05, 4.69) is 60.8 Å². The molecule has 1 aromatic rings. The second-order valence-corrected chi connectivity index (χ2v) is 6.51. The first-order valence-electron chi connectivity index (χ1n) is 5.39. The van der Waals surface area contributed by atoms with Crippen LogP contribution in [0.4, 0.5) is 5.69 Å². The third-order valence-electron chi connectivity index (χ3n) is 2.31. The van der Waals surface area contributed by atoms with Crippen LogP contribution >= 0.6 is 27.5 Å². The summed E-state index contributed by atoms with van der Waals surface area (Å²) in [5.41, 5.74) is 2.66. The SMILES string of the molecule is CN(CC(C)(C)C)c1cc(Br)ccc1CCl. The first-order chi connectivity index (χ1) is 7.33. The molecule has 0 unspecified atom stereocenters. The van der Waals surface area contributed by atoms with Gasteiger partial charge in [0, 0.05) is 29.6 Å². The first kappa shape index (κ1) is 13.9. The molecule has 90 valence electrons. The van der Waals surface area contributed by atoms with Crippen LogP contribution in [0.1, 0.15) is 26.3 Å². The van der Waals surface area contributed by atoms with Gasteiger partial charge in [0.15, 0.2) is 0 Å². The van der Waals surface area contributed by atoms with E-state index in [1.807, 2.05) is 6.07 Å². The molecule has 0 aliphatic rings. The molecule has 1 rings (SSSR count). The lowest BCUT2D eigenvalue weighted by Crippen LogP contribution is -2.29. The minimum absolute atomic E-state index is 0.278. The van der Waals surface area contributed by atoms with Crippen LogP contribution in [0.3, 0.4) is 0 Å². The molecule has 0 heterocycles. The third-order valence-corrected chi connectivity index (χ3v) is 3.10. The average Bonchev–Trinajstić information content (AvgIpc) is 2.15. The standard InChI is InChI=1S/C13H19BrClN/c1-13(2,3)9-16(4)12-7-11(14)6-5-10(12)8-15/h5-7H,8-9H2,1-4H3. The number of halogens is 2. The molecular weight excluding hydrogens is 286 g/mol. The maximum absolute atomic E-state index is 5.96. The maximum Gasteiger partial charge on any atom is 0.0494 e. The molecule has 0 N–H and O–H groups in total. The molecule has 0 aliphatic carbocycles. The van der Waals surface area contributed by atoms with Crippen LogP contribution in [0.25, 0.3) is 0 Å². The smallest absolute Gasteiger partial charge is 0.0494 e. The van der Waals surface area contributed by atoms with Gasteiger partial charge in [0.05, 0.1) is 0 Å². The van der Waals surface area contributed by atoms with Crippen LogP contribution < -0.4 is 4.90 Å². The topological polar surface area (TPSA) is 3.24 Å². The van der Waals surface area contributed by atoms with Crippen LogP contribution in [-0.2, 0) is 5.88 Å². The van der Waals surface area contributed by atoms with Crippen molar-refractivity contribution >= 4 is 33.2 Å². The molecule has 0 saturated carbocycles. The Morgan fingerprint density at radius 2 is 1.94 bits per heavy atom. The molecule has 0 atom stereocenters. The molecule has 0 saturated heterocycles. The van der Waals surface area contributed by atoms with Gasteiger partial charge in [0.1, 0.15) is 0 Å².